The van der Waals surface area contributed by atoms with Crippen LogP contribution >= 0.6 is 0 Å². The smallest absolute Gasteiger partial charge is 0.244 e. The van der Waals surface area contributed by atoms with Crippen molar-refractivity contribution in [3.63, 3.8) is 0 Å². The Bertz CT molecular complexity index is 1420. The van der Waals surface area contributed by atoms with E-state index in [1.54, 1.807) is 0 Å². The van der Waals surface area contributed by atoms with Gasteiger partial charge in [-0.3, -0.25) is 0 Å². The monoisotopic (exact) mass is 856 g/mol. The molecule has 0 spiro atoms. The van der Waals surface area contributed by atoms with Crippen LogP contribution in [0.15, 0.2) is 86.0 Å². The lowest BCUT2D eigenvalue weighted by Gasteiger charge is -2.23. The first-order chi connectivity index (χ1) is 19.1. The Labute approximate surface area is 306 Å². The van der Waals surface area contributed by atoms with Crippen molar-refractivity contribution < 1.29 is 86.0 Å². The highest BCUT2D eigenvalue weighted by Crippen LogP contribution is 2.33. The maximum absolute atomic E-state index is 2.34. The number of fused-ring (bicyclic) bond motifs is 2. The summed E-state index contributed by atoms with van der Waals surface area (Å²) in [5.74, 6) is 0. The van der Waals surface area contributed by atoms with Crippen LogP contribution in [0.4, 0.5) is 0 Å². The summed E-state index contributed by atoms with van der Waals surface area (Å²) in [4.78, 5) is 0. The van der Waals surface area contributed by atoms with Gasteiger partial charge in [-0.1, -0.05) is 48.5 Å². The molecule has 0 N–H and O–H groups in total. The molecule has 0 saturated carbocycles. The summed E-state index contributed by atoms with van der Waals surface area (Å²) in [6.07, 6.45) is 15.8. The number of halogens is 4. The summed E-state index contributed by atoms with van der Waals surface area (Å²) in [5.41, 5.74) is 2.79. The minimum absolute atomic E-state index is 0. The lowest BCUT2D eigenvalue weighted by atomic mass is 9.91. The van der Waals surface area contributed by atoms with Crippen molar-refractivity contribution in [1.82, 2.24) is 9.13 Å². The lowest BCUT2D eigenvalue weighted by molar-refractivity contribution is -0.870. The minimum Gasteiger partial charge on any atom is -1.00 e. The molecule has 10 heteroatoms. The Balaban J connectivity index is 0.00000242. The van der Waals surface area contributed by atoms with Crippen LogP contribution < -0.4 is 77.1 Å². The van der Waals surface area contributed by atoms with Gasteiger partial charge in [0.25, 0.3) is 0 Å². The van der Waals surface area contributed by atoms with E-state index in [0.29, 0.717) is 0 Å². The molecule has 0 unspecified atom stereocenters. The fraction of sp³-hybridized carbons (Fsp3) is 0.412. The zero-order valence-corrected chi connectivity index (χ0v) is 33.3. The Kier molecular flexibility index (Phi) is 16.0. The maximum Gasteiger partial charge on any atom is 0.244 e. The highest BCUT2D eigenvalue weighted by molar-refractivity contribution is 6.05. The van der Waals surface area contributed by atoms with Crippen LogP contribution in [0, 0.1) is 0 Å². The quantitative estimate of drug-likeness (QED) is 0.0676. The van der Waals surface area contributed by atoms with E-state index in [1.807, 2.05) is 0 Å². The van der Waals surface area contributed by atoms with Crippen molar-refractivity contribution >= 4 is 21.5 Å². The number of aryl methyl sites for hydroxylation is 2. The normalized spacial score (nSPS) is 11.4. The number of hydrogen-bond donors (Lipinski definition) is 0. The highest BCUT2D eigenvalue weighted by atomic mass is 79.9. The fourth-order valence-electron chi connectivity index (χ4n) is 5.80. The average molecular weight is 860 g/mol. The molecule has 0 radical (unpaired) electrons. The Morgan fingerprint density at radius 3 is 1.14 bits per heavy atom. The Morgan fingerprint density at radius 2 is 0.841 bits per heavy atom. The fourth-order valence-corrected chi connectivity index (χ4v) is 5.80. The average Bonchev–Trinajstić information content (AvgIpc) is 3.53. The zero-order valence-electron chi connectivity index (χ0n) is 26.9. The number of rotatable bonds is 12. The van der Waals surface area contributed by atoms with Crippen molar-refractivity contribution in [1.29, 1.82) is 0 Å². The van der Waals surface area contributed by atoms with E-state index in [2.05, 4.69) is 147 Å². The summed E-state index contributed by atoms with van der Waals surface area (Å²) < 4.78 is 11.3. The van der Waals surface area contributed by atoms with E-state index in [-0.39, 0.29) is 67.9 Å². The molecule has 3 aromatic carbocycles. The third-order valence-corrected chi connectivity index (χ3v) is 7.82. The van der Waals surface area contributed by atoms with Gasteiger partial charge in [0.05, 0.1) is 68.5 Å². The first kappa shape index (κ1) is 40.5. The number of hydrogen-bond acceptors (Lipinski definition) is 0. The molecule has 0 aliphatic rings. The van der Waals surface area contributed by atoms with Crippen LogP contribution in [0.5, 0.6) is 0 Å². The van der Waals surface area contributed by atoms with Gasteiger partial charge in [-0.05, 0) is 21.5 Å². The van der Waals surface area contributed by atoms with Gasteiger partial charge >= 0.3 is 0 Å². The third-order valence-electron chi connectivity index (χ3n) is 7.82. The van der Waals surface area contributed by atoms with Crippen LogP contribution in [0.2, 0.25) is 0 Å². The first-order valence-electron chi connectivity index (χ1n) is 14.7. The van der Waals surface area contributed by atoms with Gasteiger partial charge in [-0.2, -0.15) is 0 Å². The van der Waals surface area contributed by atoms with E-state index < -0.39 is 0 Å². The molecule has 2 aromatic heterocycles. The van der Waals surface area contributed by atoms with E-state index in [9.17, 15) is 0 Å². The standard InChI is InChI=1S/C34H48N6.4BrH/c1-39(2,3)23-11-17-35-19-21-37(27-35)25-33-29-13-7-9-15-31(29)34(32-16-10-8-14-30(32)33)26-38-22-20-36(28-38)18-12-24-40(4,5)6;;;;/h7-10,13-16,19-22,27-28H,11-12,17-18,23-26H2,1-6H3;4*1H/q+4;;;;/p-4. The Morgan fingerprint density at radius 1 is 0.523 bits per heavy atom. The summed E-state index contributed by atoms with van der Waals surface area (Å²) in [6.45, 7) is 6.17. The summed E-state index contributed by atoms with van der Waals surface area (Å²) >= 11 is 0. The molecular weight excluding hydrogens is 812 g/mol. The molecule has 44 heavy (non-hydrogen) atoms. The lowest BCUT2D eigenvalue weighted by Crippen LogP contribution is -3.00. The summed E-state index contributed by atoms with van der Waals surface area (Å²) in [7, 11) is 13.6. The third kappa shape index (κ3) is 10.8. The van der Waals surface area contributed by atoms with Gasteiger partial charge in [0, 0.05) is 24.0 Å². The molecule has 0 aliphatic heterocycles. The van der Waals surface area contributed by atoms with Gasteiger partial charge < -0.3 is 76.9 Å². The number of benzene rings is 3. The summed E-state index contributed by atoms with van der Waals surface area (Å²) in [6, 6.07) is 18.0. The van der Waals surface area contributed by atoms with E-state index in [0.717, 1.165) is 35.1 Å². The summed E-state index contributed by atoms with van der Waals surface area (Å²) in [5, 5.41) is 5.41. The van der Waals surface area contributed by atoms with Crippen LogP contribution in [0.25, 0.3) is 21.5 Å². The second-order valence-corrected chi connectivity index (χ2v) is 13.4. The zero-order chi connectivity index (χ0) is 28.3. The van der Waals surface area contributed by atoms with Crippen LogP contribution in [-0.2, 0) is 26.2 Å². The van der Waals surface area contributed by atoms with Gasteiger partial charge in [0.2, 0.25) is 12.7 Å². The second-order valence-electron chi connectivity index (χ2n) is 13.4. The van der Waals surface area contributed by atoms with E-state index >= 15 is 0 Å². The van der Waals surface area contributed by atoms with Crippen LogP contribution in [-0.4, -0.2) is 73.5 Å². The van der Waals surface area contributed by atoms with E-state index in [1.165, 1.54) is 58.6 Å². The van der Waals surface area contributed by atoms with Crippen molar-refractivity contribution in [3.8, 4) is 0 Å². The molecule has 242 valence electrons. The number of imidazole rings is 2. The molecular formula is C34H48Br4N6. The van der Waals surface area contributed by atoms with Crippen LogP contribution in [0.1, 0.15) is 24.0 Å². The molecule has 0 saturated heterocycles. The molecule has 0 atom stereocenters. The van der Waals surface area contributed by atoms with E-state index in [4.69, 9.17) is 0 Å². The van der Waals surface area contributed by atoms with Gasteiger partial charge in [-0.25, -0.2) is 18.3 Å². The molecule has 5 aromatic rings. The van der Waals surface area contributed by atoms with Crippen molar-refractivity contribution in [2.75, 3.05) is 55.4 Å². The predicted octanol–water partition coefficient (Wildman–Crippen LogP) is -7.52. The SMILES string of the molecule is C[N+](C)(C)CCCn1cc[n+](Cc2c3ccccc3c(C[n+]3ccn(CCC[N+](C)(C)C)c3)c3ccccc23)c1.[Br-].[Br-].[Br-].[Br-]. The predicted molar refractivity (Wildman–Crippen MR) is 164 cm³/mol. The van der Waals surface area contributed by atoms with Gasteiger partial charge in [-0.15, -0.1) is 0 Å². The first-order valence-corrected chi connectivity index (χ1v) is 14.7. The molecule has 6 nitrogen and oxygen atoms in total. The van der Waals surface area contributed by atoms with Crippen molar-refractivity contribution in [3.05, 3.63) is 97.1 Å². The molecule has 2 heterocycles. The maximum atomic E-state index is 2.34. The van der Waals surface area contributed by atoms with Gasteiger partial charge in [0.1, 0.15) is 37.9 Å². The highest BCUT2D eigenvalue weighted by Gasteiger charge is 2.18. The number of nitrogens with zero attached hydrogens (tertiary/aromatic N) is 6. The molecule has 5 rings (SSSR count). The molecule has 0 bridgehead atoms. The Hall–Kier alpha value is -1.56. The van der Waals surface area contributed by atoms with Crippen molar-refractivity contribution in [2.24, 2.45) is 0 Å². The molecule has 0 aliphatic carbocycles. The second kappa shape index (κ2) is 17.4. The van der Waals surface area contributed by atoms with Crippen LogP contribution in [0.3, 0.4) is 0 Å². The van der Waals surface area contributed by atoms with Gasteiger partial charge in [0.15, 0.2) is 0 Å². The minimum atomic E-state index is 0. The molecule has 0 amide bonds. The molecule has 0 fully saturated rings. The number of quaternary nitrogens is 2. The number of aromatic nitrogens is 4. The topological polar surface area (TPSA) is 17.6 Å². The van der Waals surface area contributed by atoms with Crippen molar-refractivity contribution in [2.45, 2.75) is 39.0 Å². The largest absolute Gasteiger partial charge is 1.00 e.